The van der Waals surface area contributed by atoms with Gasteiger partial charge in [0, 0.05) is 23.1 Å². The lowest BCUT2D eigenvalue weighted by Crippen LogP contribution is -2.11. The third-order valence-corrected chi connectivity index (χ3v) is 5.08. The average Bonchev–Trinajstić information content (AvgIpc) is 2.55. The fourth-order valence-corrected chi connectivity index (χ4v) is 3.49. The molecule has 0 saturated heterocycles. The van der Waals surface area contributed by atoms with Gasteiger partial charge in [-0.25, -0.2) is 0 Å². The molecule has 0 aliphatic carbocycles. The van der Waals surface area contributed by atoms with E-state index in [0.717, 1.165) is 21.7 Å². The number of carbonyl (C=O) groups is 1. The Kier molecular flexibility index (Phi) is 4.49. The van der Waals surface area contributed by atoms with Gasteiger partial charge in [0.15, 0.2) is 5.78 Å². The molecule has 0 atom stereocenters. The Balaban J connectivity index is 1.77. The van der Waals surface area contributed by atoms with E-state index in [4.69, 9.17) is 0 Å². The summed E-state index contributed by atoms with van der Waals surface area (Å²) in [6.45, 7) is 6.20. The number of hydrogen-bond donors (Lipinski definition) is 0. The van der Waals surface area contributed by atoms with Crippen molar-refractivity contribution in [1.29, 1.82) is 0 Å². The molecule has 2 nitrogen and oxygen atoms in total. The van der Waals surface area contributed by atoms with E-state index in [1.807, 2.05) is 37.3 Å². The van der Waals surface area contributed by atoms with E-state index in [1.54, 1.807) is 11.8 Å². The number of H-pyrrole nitrogens is 1. The quantitative estimate of drug-likeness (QED) is 0.521. The van der Waals surface area contributed by atoms with Gasteiger partial charge in [0.1, 0.15) is 0 Å². The van der Waals surface area contributed by atoms with Crippen LogP contribution < -0.4 is 4.98 Å². The number of aromatic amines is 1. The molecule has 23 heavy (non-hydrogen) atoms. The number of rotatable bonds is 4. The van der Waals surface area contributed by atoms with Crippen molar-refractivity contribution in [1.82, 2.24) is 0 Å². The lowest BCUT2D eigenvalue weighted by Gasteiger charge is -2.04. The smallest absolute Gasteiger partial charge is 0.239 e. The third-order valence-electron chi connectivity index (χ3n) is 4.15. The van der Waals surface area contributed by atoms with Crippen LogP contribution in [0.1, 0.15) is 27.0 Å². The van der Waals surface area contributed by atoms with E-state index in [-0.39, 0.29) is 5.78 Å². The highest BCUT2D eigenvalue weighted by atomic mass is 32.2. The van der Waals surface area contributed by atoms with Gasteiger partial charge in [-0.15, -0.1) is 0 Å². The van der Waals surface area contributed by atoms with Gasteiger partial charge < -0.3 is 0 Å². The maximum atomic E-state index is 12.4. The van der Waals surface area contributed by atoms with Crippen molar-refractivity contribution in [3.8, 4) is 0 Å². The molecule has 0 spiro atoms. The minimum Gasteiger partial charge on any atom is -0.293 e. The van der Waals surface area contributed by atoms with Crippen LogP contribution in [0.25, 0.3) is 10.9 Å². The fraction of sp³-hybridized carbons (Fsp3) is 0.200. The van der Waals surface area contributed by atoms with Gasteiger partial charge >= 0.3 is 0 Å². The fourth-order valence-electron chi connectivity index (χ4n) is 2.60. The minimum absolute atomic E-state index is 0.164. The Morgan fingerprint density at radius 3 is 2.52 bits per heavy atom. The molecular formula is C20H20NOS+. The molecule has 0 unspecified atom stereocenters. The molecule has 116 valence electrons. The van der Waals surface area contributed by atoms with Crippen LogP contribution in [-0.2, 0) is 0 Å². The standard InChI is InChI=1S/C20H19NOS/c1-13-8-9-16(10-14(13)2)19(22)12-23-20-11-15(3)17-6-4-5-7-18(17)21-20/h4-11H,12H2,1-3H3/p+1. The molecule has 2 aromatic carbocycles. The zero-order valence-corrected chi connectivity index (χ0v) is 14.5. The second kappa shape index (κ2) is 6.55. The van der Waals surface area contributed by atoms with E-state index in [9.17, 15) is 4.79 Å². The predicted molar refractivity (Wildman–Crippen MR) is 96.2 cm³/mol. The van der Waals surface area contributed by atoms with Crippen molar-refractivity contribution in [3.63, 3.8) is 0 Å². The Labute approximate surface area is 140 Å². The van der Waals surface area contributed by atoms with Crippen molar-refractivity contribution < 1.29 is 9.78 Å². The molecule has 0 radical (unpaired) electrons. The minimum atomic E-state index is 0.164. The first-order valence-corrected chi connectivity index (χ1v) is 8.68. The summed E-state index contributed by atoms with van der Waals surface area (Å²) in [6.07, 6.45) is 0. The third kappa shape index (κ3) is 3.45. The molecule has 0 saturated carbocycles. The number of benzene rings is 2. The molecule has 3 rings (SSSR count). The van der Waals surface area contributed by atoms with Crippen LogP contribution in [0.2, 0.25) is 0 Å². The van der Waals surface area contributed by atoms with Gasteiger partial charge in [-0.2, -0.15) is 4.98 Å². The van der Waals surface area contributed by atoms with Crippen LogP contribution in [0.3, 0.4) is 0 Å². The zero-order chi connectivity index (χ0) is 16.4. The largest absolute Gasteiger partial charge is 0.293 e. The highest BCUT2D eigenvalue weighted by Gasteiger charge is 2.13. The molecule has 1 heterocycles. The maximum Gasteiger partial charge on any atom is 0.239 e. The van der Waals surface area contributed by atoms with Crippen LogP contribution in [0, 0.1) is 20.8 Å². The molecule has 1 aromatic heterocycles. The number of thioether (sulfide) groups is 1. The lowest BCUT2D eigenvalue weighted by atomic mass is 10.0. The lowest BCUT2D eigenvalue weighted by molar-refractivity contribution is -0.395. The zero-order valence-electron chi connectivity index (χ0n) is 13.6. The number of pyridine rings is 1. The number of fused-ring (bicyclic) bond motifs is 1. The van der Waals surface area contributed by atoms with Gasteiger partial charge in [-0.05, 0) is 61.4 Å². The summed E-state index contributed by atoms with van der Waals surface area (Å²) in [7, 11) is 0. The number of aryl methyl sites for hydroxylation is 3. The Morgan fingerprint density at radius 2 is 1.74 bits per heavy atom. The van der Waals surface area contributed by atoms with E-state index in [0.29, 0.717) is 5.75 Å². The van der Waals surface area contributed by atoms with Gasteiger partial charge in [0.25, 0.3) is 0 Å². The number of hydrogen-bond acceptors (Lipinski definition) is 2. The first-order valence-electron chi connectivity index (χ1n) is 7.69. The van der Waals surface area contributed by atoms with Crippen LogP contribution in [0.4, 0.5) is 0 Å². The summed E-state index contributed by atoms with van der Waals surface area (Å²) in [5, 5.41) is 2.25. The van der Waals surface area contributed by atoms with Crippen molar-refractivity contribution in [2.45, 2.75) is 25.8 Å². The van der Waals surface area contributed by atoms with Crippen LogP contribution in [0.15, 0.2) is 53.6 Å². The van der Waals surface area contributed by atoms with Crippen molar-refractivity contribution in [2.24, 2.45) is 0 Å². The highest BCUT2D eigenvalue weighted by Crippen LogP contribution is 2.21. The van der Waals surface area contributed by atoms with Gasteiger partial charge in [0.05, 0.1) is 5.75 Å². The van der Waals surface area contributed by atoms with Crippen molar-refractivity contribution in [2.75, 3.05) is 5.75 Å². The molecule has 0 amide bonds. The van der Waals surface area contributed by atoms with E-state index >= 15 is 0 Å². The number of carbonyl (C=O) groups excluding carboxylic acids is 1. The maximum absolute atomic E-state index is 12.4. The molecule has 0 aliphatic rings. The number of para-hydroxylation sites is 1. The van der Waals surface area contributed by atoms with Crippen LogP contribution >= 0.6 is 11.8 Å². The monoisotopic (exact) mass is 322 g/mol. The summed E-state index contributed by atoms with van der Waals surface area (Å²) in [6, 6.07) is 16.3. The topological polar surface area (TPSA) is 31.2 Å². The van der Waals surface area contributed by atoms with E-state index < -0.39 is 0 Å². The van der Waals surface area contributed by atoms with Crippen molar-refractivity contribution in [3.05, 3.63) is 70.8 Å². The predicted octanol–water partition coefficient (Wildman–Crippen LogP) is 4.55. The Bertz CT molecular complexity index is 886. The van der Waals surface area contributed by atoms with Gasteiger partial charge in [0.2, 0.25) is 10.5 Å². The molecule has 0 fully saturated rings. The Hall–Kier alpha value is -2.13. The first-order chi connectivity index (χ1) is 11.0. The molecule has 3 heteroatoms. The van der Waals surface area contributed by atoms with Crippen LogP contribution in [-0.4, -0.2) is 11.5 Å². The number of nitrogens with one attached hydrogen (secondary N) is 1. The second-order valence-electron chi connectivity index (χ2n) is 5.87. The first kappa shape index (κ1) is 15.8. The second-order valence-corrected chi connectivity index (χ2v) is 6.89. The van der Waals surface area contributed by atoms with E-state index in [1.165, 1.54) is 16.5 Å². The summed E-state index contributed by atoms with van der Waals surface area (Å²) < 4.78 is 0. The van der Waals surface area contributed by atoms with Gasteiger partial charge in [-0.3, -0.25) is 4.79 Å². The molecule has 0 bridgehead atoms. The van der Waals surface area contributed by atoms with Crippen molar-refractivity contribution >= 4 is 28.4 Å². The average molecular weight is 322 g/mol. The number of aromatic nitrogens is 1. The van der Waals surface area contributed by atoms with Crippen LogP contribution in [0.5, 0.6) is 0 Å². The normalized spacial score (nSPS) is 10.9. The summed E-state index contributed by atoms with van der Waals surface area (Å²) in [5.41, 5.74) is 5.49. The number of ketones is 1. The molecule has 1 N–H and O–H groups in total. The van der Waals surface area contributed by atoms with E-state index in [2.05, 4.69) is 37.0 Å². The summed E-state index contributed by atoms with van der Waals surface area (Å²) in [5.74, 6) is 0.605. The summed E-state index contributed by atoms with van der Waals surface area (Å²) >= 11 is 1.56. The number of Topliss-reactive ketones (excluding diaryl/α,β-unsaturated/α-hetero) is 1. The SMILES string of the molecule is Cc1ccc(C(=O)CSc2cc(C)c3ccccc3[nH+]2)cc1C. The molecule has 3 aromatic rings. The molecule has 0 aliphatic heterocycles. The molecular weight excluding hydrogens is 302 g/mol. The summed E-state index contributed by atoms with van der Waals surface area (Å²) in [4.78, 5) is 15.8. The van der Waals surface area contributed by atoms with Gasteiger partial charge in [-0.1, -0.05) is 24.3 Å². The Morgan fingerprint density at radius 1 is 0.957 bits per heavy atom. The highest BCUT2D eigenvalue weighted by molar-refractivity contribution is 7.99.